The largest absolute Gasteiger partial charge is 0.497 e. The van der Waals surface area contributed by atoms with Crippen LogP contribution < -0.4 is 9.47 Å². The molecule has 0 aliphatic carbocycles. The fourth-order valence-electron chi connectivity index (χ4n) is 3.44. The molecule has 8 heteroatoms. The van der Waals surface area contributed by atoms with Crippen LogP contribution in [0, 0.1) is 0 Å². The lowest BCUT2D eigenvalue weighted by Crippen LogP contribution is -2.30. The predicted molar refractivity (Wildman–Crippen MR) is 126 cm³/mol. The molecule has 0 N–H and O–H groups in total. The summed E-state index contributed by atoms with van der Waals surface area (Å²) >= 11 is 0. The number of sulfonamides is 1. The number of hydrogen-bond donors (Lipinski definition) is 0. The van der Waals surface area contributed by atoms with Gasteiger partial charge in [-0.1, -0.05) is 24.3 Å². The molecule has 0 fully saturated rings. The Balaban J connectivity index is 1.64. The lowest BCUT2D eigenvalue weighted by Gasteiger charge is -2.23. The van der Waals surface area contributed by atoms with Gasteiger partial charge < -0.3 is 9.47 Å². The number of hydrogen-bond acceptors (Lipinski definition) is 5. The third-order valence-electron chi connectivity index (χ3n) is 5.28. The van der Waals surface area contributed by atoms with Crippen molar-refractivity contribution in [2.24, 2.45) is 0 Å². The minimum atomic E-state index is -3.77. The molecule has 0 unspecified atom stereocenters. The van der Waals surface area contributed by atoms with Crippen molar-refractivity contribution in [3.8, 4) is 17.2 Å². The lowest BCUT2D eigenvalue weighted by molar-refractivity contribution is 0.397. The van der Waals surface area contributed by atoms with Crippen molar-refractivity contribution in [3.63, 3.8) is 0 Å². The fourth-order valence-corrected chi connectivity index (χ4v) is 4.85. The molecule has 0 bridgehead atoms. The summed E-state index contributed by atoms with van der Waals surface area (Å²) in [6.07, 6.45) is 3.49. The van der Waals surface area contributed by atoms with E-state index in [1.807, 2.05) is 60.8 Å². The van der Waals surface area contributed by atoms with Crippen LogP contribution in [0.4, 0.5) is 0 Å². The van der Waals surface area contributed by atoms with Gasteiger partial charge in [-0.15, -0.1) is 0 Å². The molecule has 4 aromatic rings. The zero-order chi connectivity index (χ0) is 23.3. The number of nitrogens with zero attached hydrogens (tertiary/aromatic N) is 3. The van der Waals surface area contributed by atoms with Crippen LogP contribution in [-0.4, -0.2) is 36.7 Å². The molecule has 0 atom stereocenters. The zero-order valence-corrected chi connectivity index (χ0v) is 19.3. The molecule has 0 saturated heterocycles. The molecule has 0 saturated carbocycles. The topological polar surface area (TPSA) is 73.7 Å². The van der Waals surface area contributed by atoms with Gasteiger partial charge in [0.1, 0.15) is 11.5 Å². The second kappa shape index (κ2) is 9.89. The van der Waals surface area contributed by atoms with Crippen molar-refractivity contribution in [2.45, 2.75) is 18.0 Å². The van der Waals surface area contributed by atoms with Gasteiger partial charge in [-0.25, -0.2) is 13.1 Å². The first-order valence-electron chi connectivity index (χ1n) is 10.4. The first kappa shape index (κ1) is 22.6. The van der Waals surface area contributed by atoms with Gasteiger partial charge in [-0.05, 0) is 65.7 Å². The van der Waals surface area contributed by atoms with E-state index in [0.717, 1.165) is 28.3 Å². The number of benzene rings is 3. The highest BCUT2D eigenvalue weighted by Crippen LogP contribution is 2.24. The molecule has 0 aliphatic rings. The van der Waals surface area contributed by atoms with E-state index in [0.29, 0.717) is 0 Å². The first-order chi connectivity index (χ1) is 16.0. The smallest absolute Gasteiger partial charge is 0.243 e. The zero-order valence-electron chi connectivity index (χ0n) is 18.5. The molecule has 170 valence electrons. The average Bonchev–Trinajstić information content (AvgIpc) is 3.40. The average molecular weight is 464 g/mol. The van der Waals surface area contributed by atoms with E-state index >= 15 is 0 Å². The van der Waals surface area contributed by atoms with Crippen molar-refractivity contribution in [2.75, 3.05) is 14.2 Å². The molecule has 4 rings (SSSR count). The monoisotopic (exact) mass is 463 g/mol. The highest BCUT2D eigenvalue weighted by atomic mass is 32.2. The molecule has 7 nitrogen and oxygen atoms in total. The third-order valence-corrected chi connectivity index (χ3v) is 7.09. The van der Waals surface area contributed by atoms with E-state index in [9.17, 15) is 8.42 Å². The van der Waals surface area contributed by atoms with E-state index in [-0.39, 0.29) is 18.0 Å². The maximum absolute atomic E-state index is 13.6. The minimum absolute atomic E-state index is 0.221. The van der Waals surface area contributed by atoms with Crippen LogP contribution in [0.3, 0.4) is 0 Å². The Morgan fingerprint density at radius 3 is 1.73 bits per heavy atom. The number of aromatic nitrogens is 2. The maximum atomic E-state index is 13.6. The molecule has 3 aromatic carbocycles. The Morgan fingerprint density at radius 2 is 1.30 bits per heavy atom. The summed E-state index contributed by atoms with van der Waals surface area (Å²) in [7, 11) is -0.574. The van der Waals surface area contributed by atoms with Crippen molar-refractivity contribution in [3.05, 3.63) is 102 Å². The highest BCUT2D eigenvalue weighted by molar-refractivity contribution is 7.89. The molecule has 33 heavy (non-hydrogen) atoms. The van der Waals surface area contributed by atoms with Crippen molar-refractivity contribution in [1.82, 2.24) is 14.1 Å². The Morgan fingerprint density at radius 1 is 0.788 bits per heavy atom. The second-order valence-corrected chi connectivity index (χ2v) is 9.35. The van der Waals surface area contributed by atoms with Crippen molar-refractivity contribution in [1.29, 1.82) is 0 Å². The molecule has 0 amide bonds. The van der Waals surface area contributed by atoms with Crippen molar-refractivity contribution < 1.29 is 17.9 Å². The van der Waals surface area contributed by atoms with Crippen LogP contribution in [-0.2, 0) is 23.1 Å². The minimum Gasteiger partial charge on any atom is -0.497 e. The van der Waals surface area contributed by atoms with Gasteiger partial charge in [0.2, 0.25) is 10.0 Å². The number of ether oxygens (including phenoxy) is 2. The number of rotatable bonds is 9. The quantitative estimate of drug-likeness (QED) is 0.370. The van der Waals surface area contributed by atoms with Gasteiger partial charge in [0.05, 0.1) is 24.8 Å². The maximum Gasteiger partial charge on any atom is 0.243 e. The second-order valence-electron chi connectivity index (χ2n) is 7.41. The van der Waals surface area contributed by atoms with Crippen LogP contribution in [0.15, 0.2) is 96.2 Å². The summed E-state index contributed by atoms with van der Waals surface area (Å²) in [5, 5.41) is 4.19. The molecule has 1 heterocycles. The summed E-state index contributed by atoms with van der Waals surface area (Å²) in [6, 6.07) is 23.3. The third kappa shape index (κ3) is 5.24. The van der Waals surface area contributed by atoms with Gasteiger partial charge in [-0.3, -0.25) is 0 Å². The molecule has 0 spiro atoms. The summed E-state index contributed by atoms with van der Waals surface area (Å²) in [5.41, 5.74) is 2.51. The van der Waals surface area contributed by atoms with E-state index < -0.39 is 10.0 Å². The number of methoxy groups -OCH3 is 2. The first-order valence-corrected chi connectivity index (χ1v) is 11.8. The summed E-state index contributed by atoms with van der Waals surface area (Å²) in [6.45, 7) is 0.443. The normalized spacial score (nSPS) is 11.5. The summed E-state index contributed by atoms with van der Waals surface area (Å²) in [4.78, 5) is 0.223. The molecular formula is C25H25N3O4S. The van der Waals surface area contributed by atoms with Crippen LogP contribution >= 0.6 is 0 Å². The van der Waals surface area contributed by atoms with Gasteiger partial charge in [0.15, 0.2) is 0 Å². The van der Waals surface area contributed by atoms with Crippen LogP contribution in [0.5, 0.6) is 11.5 Å². The Labute approximate surface area is 193 Å². The molecule has 0 aliphatic heterocycles. The standard InChI is InChI=1S/C25H25N3O4S/c1-31-23-10-4-20(5-11-23)18-27(19-21-6-12-24(32-2)13-7-21)33(29,30)25-14-8-22(9-15-25)28-17-3-16-26-28/h3-17H,18-19H2,1-2H3. The van der Waals surface area contributed by atoms with E-state index in [4.69, 9.17) is 9.47 Å². The Kier molecular flexibility index (Phi) is 6.76. The van der Waals surface area contributed by atoms with Crippen LogP contribution in [0.2, 0.25) is 0 Å². The SMILES string of the molecule is COc1ccc(CN(Cc2ccc(OC)cc2)S(=O)(=O)c2ccc(-n3cccn3)cc2)cc1. The van der Waals surface area contributed by atoms with Gasteiger partial charge in [0, 0.05) is 25.5 Å². The Bertz CT molecular complexity index is 1220. The van der Waals surface area contributed by atoms with E-state index in [1.165, 1.54) is 4.31 Å². The molecule has 1 aromatic heterocycles. The van der Waals surface area contributed by atoms with Gasteiger partial charge >= 0.3 is 0 Å². The van der Waals surface area contributed by atoms with Crippen LogP contribution in [0.25, 0.3) is 5.69 Å². The van der Waals surface area contributed by atoms with Gasteiger partial charge in [0.25, 0.3) is 0 Å². The Hall–Kier alpha value is -3.62. The van der Waals surface area contributed by atoms with E-state index in [1.54, 1.807) is 49.4 Å². The molecular weight excluding hydrogens is 438 g/mol. The van der Waals surface area contributed by atoms with Crippen molar-refractivity contribution >= 4 is 10.0 Å². The lowest BCUT2D eigenvalue weighted by atomic mass is 10.2. The summed E-state index contributed by atoms with van der Waals surface area (Å²) < 4.78 is 40.9. The van der Waals surface area contributed by atoms with Crippen LogP contribution in [0.1, 0.15) is 11.1 Å². The van der Waals surface area contributed by atoms with Gasteiger partial charge in [-0.2, -0.15) is 9.40 Å². The summed E-state index contributed by atoms with van der Waals surface area (Å²) in [5.74, 6) is 1.44. The highest BCUT2D eigenvalue weighted by Gasteiger charge is 2.25. The molecule has 0 radical (unpaired) electrons. The van der Waals surface area contributed by atoms with E-state index in [2.05, 4.69) is 5.10 Å². The fraction of sp³-hybridized carbons (Fsp3) is 0.160. The predicted octanol–water partition coefficient (Wildman–Crippen LogP) is 4.28.